The summed E-state index contributed by atoms with van der Waals surface area (Å²) >= 11 is 3.31. The molecule has 21 heavy (non-hydrogen) atoms. The van der Waals surface area contributed by atoms with Gasteiger partial charge >= 0.3 is 0 Å². The number of carbonyl (C=O) groups excluding carboxylic acids is 1. The van der Waals surface area contributed by atoms with Crippen molar-refractivity contribution in [2.75, 3.05) is 11.9 Å². The van der Waals surface area contributed by atoms with Gasteiger partial charge in [-0.3, -0.25) is 4.79 Å². The summed E-state index contributed by atoms with van der Waals surface area (Å²) in [5.41, 5.74) is 2.40. The molecule has 3 rings (SSSR count). The average Bonchev–Trinajstić information content (AvgIpc) is 2.95. The maximum Gasteiger partial charge on any atom is 0.225 e. The molecule has 0 atom stereocenters. The number of pyridine rings is 1. The van der Waals surface area contributed by atoms with Gasteiger partial charge in [0.05, 0.1) is 6.61 Å². The first-order chi connectivity index (χ1) is 10.2. The van der Waals surface area contributed by atoms with Gasteiger partial charge in [0.2, 0.25) is 5.91 Å². The molecule has 0 saturated heterocycles. The molecule has 1 aromatic carbocycles. The van der Waals surface area contributed by atoms with Crippen LogP contribution in [0.2, 0.25) is 0 Å². The van der Waals surface area contributed by atoms with Gasteiger partial charge in [-0.2, -0.15) is 0 Å². The number of aryl methyl sites for hydroxylation is 1. The number of hydrogen-bond acceptors (Lipinski definition) is 3. The van der Waals surface area contributed by atoms with Crippen molar-refractivity contribution in [2.24, 2.45) is 0 Å². The van der Waals surface area contributed by atoms with Crippen LogP contribution >= 0.6 is 15.9 Å². The summed E-state index contributed by atoms with van der Waals surface area (Å²) in [6.07, 6.45) is 3.78. The molecule has 0 saturated carbocycles. The van der Waals surface area contributed by atoms with Crippen LogP contribution in [0.25, 0.3) is 0 Å². The van der Waals surface area contributed by atoms with Crippen LogP contribution in [0.15, 0.2) is 41.0 Å². The summed E-state index contributed by atoms with van der Waals surface area (Å²) in [6, 6.07) is 9.77. The second-order valence-corrected chi connectivity index (χ2v) is 5.87. The SMILES string of the molecule is O=C(CCc1ccc2c(c1)CCO2)Nc1ccc(Br)cn1. The molecule has 1 aliphatic rings. The Morgan fingerprint density at radius 3 is 3.05 bits per heavy atom. The molecule has 0 bridgehead atoms. The van der Waals surface area contributed by atoms with E-state index in [2.05, 4.69) is 32.3 Å². The number of anilines is 1. The minimum Gasteiger partial charge on any atom is -0.493 e. The van der Waals surface area contributed by atoms with Gasteiger partial charge in [0.15, 0.2) is 0 Å². The third-order valence-electron chi connectivity index (χ3n) is 3.39. The van der Waals surface area contributed by atoms with Gasteiger partial charge in [0.1, 0.15) is 11.6 Å². The largest absolute Gasteiger partial charge is 0.493 e. The van der Waals surface area contributed by atoms with Crippen LogP contribution in [0.3, 0.4) is 0 Å². The van der Waals surface area contributed by atoms with Crippen LogP contribution in [-0.4, -0.2) is 17.5 Å². The Bertz CT molecular complexity index is 656. The van der Waals surface area contributed by atoms with Crippen molar-refractivity contribution in [3.05, 3.63) is 52.1 Å². The van der Waals surface area contributed by atoms with Gasteiger partial charge in [0, 0.05) is 23.5 Å². The van der Waals surface area contributed by atoms with E-state index in [0.29, 0.717) is 12.2 Å². The number of aromatic nitrogens is 1. The molecule has 1 amide bonds. The molecule has 0 unspecified atom stereocenters. The van der Waals surface area contributed by atoms with Crippen molar-refractivity contribution in [3.8, 4) is 5.75 Å². The highest BCUT2D eigenvalue weighted by Crippen LogP contribution is 2.26. The van der Waals surface area contributed by atoms with Crippen LogP contribution in [0, 0.1) is 0 Å². The van der Waals surface area contributed by atoms with E-state index in [9.17, 15) is 4.79 Å². The number of rotatable bonds is 4. The highest BCUT2D eigenvalue weighted by Gasteiger charge is 2.12. The average molecular weight is 347 g/mol. The predicted molar refractivity (Wildman–Crippen MR) is 84.5 cm³/mol. The fourth-order valence-corrected chi connectivity index (χ4v) is 2.54. The lowest BCUT2D eigenvalue weighted by Crippen LogP contribution is -2.13. The molecule has 5 heteroatoms. The zero-order valence-electron chi connectivity index (χ0n) is 11.4. The van der Waals surface area contributed by atoms with E-state index in [1.54, 1.807) is 12.3 Å². The maximum atomic E-state index is 11.9. The number of halogens is 1. The fourth-order valence-electron chi connectivity index (χ4n) is 2.31. The Morgan fingerprint density at radius 1 is 1.33 bits per heavy atom. The molecule has 0 radical (unpaired) electrons. The van der Waals surface area contributed by atoms with Crippen molar-refractivity contribution in [1.29, 1.82) is 0 Å². The van der Waals surface area contributed by atoms with Crippen molar-refractivity contribution in [1.82, 2.24) is 4.98 Å². The van der Waals surface area contributed by atoms with E-state index in [-0.39, 0.29) is 5.91 Å². The number of benzene rings is 1. The van der Waals surface area contributed by atoms with E-state index in [0.717, 1.165) is 35.2 Å². The topological polar surface area (TPSA) is 51.2 Å². The van der Waals surface area contributed by atoms with Crippen molar-refractivity contribution >= 4 is 27.7 Å². The van der Waals surface area contributed by atoms with Gasteiger partial charge in [-0.05, 0) is 51.7 Å². The monoisotopic (exact) mass is 346 g/mol. The zero-order valence-corrected chi connectivity index (χ0v) is 13.0. The van der Waals surface area contributed by atoms with Gasteiger partial charge in [-0.1, -0.05) is 12.1 Å². The third kappa shape index (κ3) is 3.61. The number of nitrogens with zero attached hydrogens (tertiary/aromatic N) is 1. The lowest BCUT2D eigenvalue weighted by atomic mass is 10.0. The minimum atomic E-state index is -0.0263. The van der Waals surface area contributed by atoms with Gasteiger partial charge in [-0.15, -0.1) is 0 Å². The molecule has 108 valence electrons. The summed E-state index contributed by atoms with van der Waals surface area (Å²) in [5.74, 6) is 1.52. The van der Waals surface area contributed by atoms with Crippen LogP contribution in [0.5, 0.6) is 5.75 Å². The number of hydrogen-bond donors (Lipinski definition) is 1. The number of fused-ring (bicyclic) bond motifs is 1. The Balaban J connectivity index is 1.55. The minimum absolute atomic E-state index is 0.0263. The molecule has 1 aromatic heterocycles. The second-order valence-electron chi connectivity index (χ2n) is 4.95. The van der Waals surface area contributed by atoms with Crippen LogP contribution in [-0.2, 0) is 17.6 Å². The van der Waals surface area contributed by atoms with E-state index < -0.39 is 0 Å². The summed E-state index contributed by atoms with van der Waals surface area (Å²) < 4.78 is 6.37. The van der Waals surface area contributed by atoms with Gasteiger partial charge in [0.25, 0.3) is 0 Å². The molecule has 1 N–H and O–H groups in total. The second kappa shape index (κ2) is 6.26. The molecule has 2 heterocycles. The lowest BCUT2D eigenvalue weighted by molar-refractivity contribution is -0.116. The lowest BCUT2D eigenvalue weighted by Gasteiger charge is -2.06. The van der Waals surface area contributed by atoms with Gasteiger partial charge in [-0.25, -0.2) is 4.98 Å². The van der Waals surface area contributed by atoms with E-state index in [4.69, 9.17) is 4.74 Å². The highest BCUT2D eigenvalue weighted by molar-refractivity contribution is 9.10. The Hall–Kier alpha value is -1.88. The Kier molecular flexibility index (Phi) is 4.20. The molecule has 0 fully saturated rings. The van der Waals surface area contributed by atoms with Crippen molar-refractivity contribution in [3.63, 3.8) is 0 Å². The van der Waals surface area contributed by atoms with Crippen LogP contribution in [0.4, 0.5) is 5.82 Å². The number of carbonyl (C=O) groups is 1. The molecule has 0 spiro atoms. The number of nitrogens with one attached hydrogen (secondary N) is 1. The number of amides is 1. The Labute approximate surface area is 131 Å². The zero-order chi connectivity index (χ0) is 14.7. The smallest absolute Gasteiger partial charge is 0.225 e. The highest BCUT2D eigenvalue weighted by atomic mass is 79.9. The third-order valence-corrected chi connectivity index (χ3v) is 3.86. The number of ether oxygens (including phenoxy) is 1. The van der Waals surface area contributed by atoms with E-state index in [1.807, 2.05) is 18.2 Å². The quantitative estimate of drug-likeness (QED) is 0.923. The van der Waals surface area contributed by atoms with Crippen LogP contribution in [0.1, 0.15) is 17.5 Å². The molecule has 4 nitrogen and oxygen atoms in total. The summed E-state index contributed by atoms with van der Waals surface area (Å²) in [4.78, 5) is 16.0. The predicted octanol–water partition coefficient (Wildman–Crippen LogP) is 3.35. The fraction of sp³-hybridized carbons (Fsp3) is 0.250. The standard InChI is InChI=1S/C16H15BrN2O2/c17-13-3-5-15(18-10-13)19-16(20)6-2-11-1-4-14-12(9-11)7-8-21-14/h1,3-5,9-10H,2,6-8H2,(H,18,19,20). The summed E-state index contributed by atoms with van der Waals surface area (Å²) in [7, 11) is 0. The normalized spacial score (nSPS) is 12.6. The Morgan fingerprint density at radius 2 is 2.24 bits per heavy atom. The van der Waals surface area contributed by atoms with Crippen molar-refractivity contribution in [2.45, 2.75) is 19.3 Å². The molecule has 1 aliphatic heterocycles. The van der Waals surface area contributed by atoms with Gasteiger partial charge < -0.3 is 10.1 Å². The summed E-state index contributed by atoms with van der Waals surface area (Å²) in [5, 5.41) is 2.80. The molecular weight excluding hydrogens is 332 g/mol. The first-order valence-corrected chi connectivity index (χ1v) is 7.66. The first-order valence-electron chi connectivity index (χ1n) is 6.87. The summed E-state index contributed by atoms with van der Waals surface area (Å²) in [6.45, 7) is 0.758. The molecule has 0 aliphatic carbocycles. The first kappa shape index (κ1) is 14.1. The molecular formula is C16H15BrN2O2. The van der Waals surface area contributed by atoms with Crippen molar-refractivity contribution < 1.29 is 9.53 Å². The van der Waals surface area contributed by atoms with E-state index >= 15 is 0 Å². The van der Waals surface area contributed by atoms with Crippen LogP contribution < -0.4 is 10.1 Å². The van der Waals surface area contributed by atoms with E-state index in [1.165, 1.54) is 5.56 Å². The maximum absolute atomic E-state index is 11.9. The molecule has 2 aromatic rings.